The van der Waals surface area contributed by atoms with Crippen molar-refractivity contribution >= 4 is 118 Å². The predicted octanol–water partition coefficient (Wildman–Crippen LogP) is 10.6. The fraction of sp³-hybridized carbons (Fsp3) is 0.150. The summed E-state index contributed by atoms with van der Waals surface area (Å²) >= 11 is 36.9. The molecule has 0 bridgehead atoms. The first kappa shape index (κ1) is 28.3. The third-order valence-electron chi connectivity index (χ3n) is 4.05. The van der Waals surface area contributed by atoms with E-state index in [-0.39, 0.29) is 13.1 Å². The van der Waals surface area contributed by atoms with Crippen molar-refractivity contribution in [1.82, 2.24) is 0 Å². The number of hydrogen-bond acceptors (Lipinski definition) is 3. The third-order valence-corrected chi connectivity index (χ3v) is 5.64. The number of aliphatic imine (C=N–C) groups is 3. The zero-order valence-electron chi connectivity index (χ0n) is 16.3. The first-order valence-corrected chi connectivity index (χ1v) is 13.9. The molecule has 1 aliphatic heterocycles. The second-order valence-electron chi connectivity index (χ2n) is 6.23. The SMILES string of the molecule is CC(=Nc1c(Cl)cc(Cl)cc1Cl)C1=CCC(C(C)=Nc2c(Cl)cc(Cl)cc2Cl)=N1.[Cl][Fe][Cl]. The second-order valence-corrected chi connectivity index (χ2v) is 10.6. The van der Waals surface area contributed by atoms with Gasteiger partial charge in [-0.05, 0) is 38.1 Å². The van der Waals surface area contributed by atoms with Crippen molar-refractivity contribution < 1.29 is 13.1 Å². The molecule has 32 heavy (non-hydrogen) atoms. The molecule has 0 saturated heterocycles. The molecule has 0 radical (unpaired) electrons. The molecule has 0 fully saturated rings. The molecule has 2 aromatic carbocycles. The minimum atomic E-state index is 0.194. The van der Waals surface area contributed by atoms with Crippen LogP contribution in [-0.4, -0.2) is 17.1 Å². The Bertz CT molecular complexity index is 1100. The summed E-state index contributed by atoms with van der Waals surface area (Å²) in [6, 6.07) is 6.37. The van der Waals surface area contributed by atoms with Gasteiger partial charge in [0.2, 0.25) is 0 Å². The Morgan fingerprint density at radius 2 is 1.12 bits per heavy atom. The molecular formula is C20H13Cl8FeN3. The third kappa shape index (κ3) is 7.78. The van der Waals surface area contributed by atoms with Crippen LogP contribution in [0, 0.1) is 0 Å². The van der Waals surface area contributed by atoms with Crippen LogP contribution in [0.1, 0.15) is 20.3 Å². The fourth-order valence-corrected chi connectivity index (χ4v) is 4.43. The fourth-order valence-electron chi connectivity index (χ4n) is 2.63. The molecule has 0 amide bonds. The number of benzene rings is 2. The van der Waals surface area contributed by atoms with E-state index in [1.54, 1.807) is 24.3 Å². The van der Waals surface area contributed by atoms with Crippen molar-refractivity contribution in [3.05, 3.63) is 66.2 Å². The summed E-state index contributed by atoms with van der Waals surface area (Å²) in [6.45, 7) is 3.68. The zero-order chi connectivity index (χ0) is 24.0. The summed E-state index contributed by atoms with van der Waals surface area (Å²) < 4.78 is 0. The molecule has 0 spiro atoms. The molecule has 0 N–H and O–H groups in total. The Hall–Kier alpha value is 0.0295. The Morgan fingerprint density at radius 3 is 1.53 bits per heavy atom. The van der Waals surface area contributed by atoms with Gasteiger partial charge in [0.15, 0.2) is 0 Å². The Morgan fingerprint density at radius 1 is 0.750 bits per heavy atom. The Kier molecular flexibility index (Phi) is 11.7. The molecule has 1 aliphatic rings. The number of allylic oxidation sites excluding steroid dienone is 2. The van der Waals surface area contributed by atoms with E-state index in [0.29, 0.717) is 65.1 Å². The summed E-state index contributed by atoms with van der Waals surface area (Å²) in [7, 11) is 9.53. The summed E-state index contributed by atoms with van der Waals surface area (Å²) in [5.74, 6) is 0. The molecule has 3 rings (SSSR count). The number of rotatable bonds is 4. The van der Waals surface area contributed by atoms with Gasteiger partial charge in [-0.1, -0.05) is 75.7 Å². The van der Waals surface area contributed by atoms with E-state index >= 15 is 0 Å². The molecule has 1 heterocycles. The van der Waals surface area contributed by atoms with Crippen LogP contribution >= 0.6 is 89.8 Å². The van der Waals surface area contributed by atoms with Crippen molar-refractivity contribution in [3.8, 4) is 0 Å². The van der Waals surface area contributed by atoms with E-state index in [2.05, 4.69) is 15.0 Å². The van der Waals surface area contributed by atoms with Gasteiger partial charge in [0, 0.05) is 16.5 Å². The van der Waals surface area contributed by atoms with Gasteiger partial charge in [-0.2, -0.15) is 0 Å². The van der Waals surface area contributed by atoms with Gasteiger partial charge in [0.25, 0.3) is 0 Å². The van der Waals surface area contributed by atoms with E-state index in [1.807, 2.05) is 19.9 Å². The Labute approximate surface area is 231 Å². The first-order valence-electron chi connectivity index (χ1n) is 8.60. The van der Waals surface area contributed by atoms with E-state index in [9.17, 15) is 0 Å². The number of hydrogen-bond donors (Lipinski definition) is 0. The monoisotopic (exact) mass is 631 g/mol. The summed E-state index contributed by atoms with van der Waals surface area (Å²) in [5, 5.41) is 2.38. The van der Waals surface area contributed by atoms with Crippen LogP contribution in [-0.2, 0) is 13.1 Å². The van der Waals surface area contributed by atoms with Crippen LogP contribution in [0.4, 0.5) is 11.4 Å². The topological polar surface area (TPSA) is 37.1 Å². The van der Waals surface area contributed by atoms with E-state index < -0.39 is 0 Å². The van der Waals surface area contributed by atoms with E-state index in [1.165, 1.54) is 0 Å². The zero-order valence-corrected chi connectivity index (χ0v) is 23.5. The molecular weight excluding hydrogens is 622 g/mol. The van der Waals surface area contributed by atoms with Crippen LogP contribution in [0.15, 0.2) is 51.0 Å². The van der Waals surface area contributed by atoms with Crippen molar-refractivity contribution in [2.45, 2.75) is 20.3 Å². The average molecular weight is 635 g/mol. The predicted molar refractivity (Wildman–Crippen MR) is 140 cm³/mol. The van der Waals surface area contributed by atoms with Gasteiger partial charge in [-0.3, -0.25) is 0 Å². The van der Waals surface area contributed by atoms with Crippen molar-refractivity contribution in [1.29, 1.82) is 0 Å². The molecule has 172 valence electrons. The molecule has 2 aromatic rings. The average Bonchev–Trinajstić information content (AvgIpc) is 3.18. The van der Waals surface area contributed by atoms with Crippen LogP contribution in [0.25, 0.3) is 0 Å². The summed E-state index contributed by atoms with van der Waals surface area (Å²) in [4.78, 5) is 13.7. The van der Waals surface area contributed by atoms with Crippen molar-refractivity contribution in [2.75, 3.05) is 0 Å². The van der Waals surface area contributed by atoms with E-state index in [4.69, 9.17) is 89.8 Å². The minimum absolute atomic E-state index is 0.194. The maximum atomic E-state index is 6.21. The van der Waals surface area contributed by atoms with Crippen LogP contribution in [0.3, 0.4) is 0 Å². The molecule has 0 aliphatic carbocycles. The molecule has 0 unspecified atom stereocenters. The van der Waals surface area contributed by atoms with Crippen LogP contribution in [0.5, 0.6) is 0 Å². The quantitative estimate of drug-likeness (QED) is 0.237. The van der Waals surface area contributed by atoms with Gasteiger partial charge in [-0.25, -0.2) is 15.0 Å². The Balaban J connectivity index is 0.00000114. The van der Waals surface area contributed by atoms with Gasteiger partial charge >= 0.3 is 33.3 Å². The second kappa shape index (κ2) is 13.2. The van der Waals surface area contributed by atoms with Crippen molar-refractivity contribution in [3.63, 3.8) is 0 Å². The van der Waals surface area contributed by atoms with Crippen molar-refractivity contribution in [2.24, 2.45) is 15.0 Å². The summed E-state index contributed by atoms with van der Waals surface area (Å²) in [5.41, 5.74) is 3.76. The van der Waals surface area contributed by atoms with Gasteiger partial charge in [-0.15, -0.1) is 0 Å². The maximum absolute atomic E-state index is 6.21. The van der Waals surface area contributed by atoms with E-state index in [0.717, 1.165) is 5.71 Å². The number of halogens is 8. The van der Waals surface area contributed by atoms with Gasteiger partial charge in [0.1, 0.15) is 11.4 Å². The molecule has 12 heteroatoms. The van der Waals surface area contributed by atoms with Gasteiger partial charge in [0.05, 0.1) is 42.9 Å². The molecule has 3 nitrogen and oxygen atoms in total. The molecule has 0 atom stereocenters. The first-order chi connectivity index (χ1) is 15.1. The van der Waals surface area contributed by atoms with Crippen LogP contribution < -0.4 is 0 Å². The molecule has 0 aromatic heterocycles. The molecule has 0 saturated carbocycles. The van der Waals surface area contributed by atoms with Crippen LogP contribution in [0.2, 0.25) is 30.1 Å². The van der Waals surface area contributed by atoms with Gasteiger partial charge < -0.3 is 0 Å². The summed E-state index contributed by atoms with van der Waals surface area (Å²) in [6.07, 6.45) is 2.55. The normalized spacial score (nSPS) is 14.2. The standard InChI is InChI=1S/C20H13Cl6N3.2ClH.Fe/c1-9(27-19-13(23)5-11(21)6-14(19)24)17-3-4-18(29-17)10(2)28-20-15(25)7-12(22)8-16(20)26;;;/h3,5-8H,4H2,1-2H3;2*1H;/q;;;+2/p-2. The number of nitrogens with zero attached hydrogens (tertiary/aromatic N) is 3.